The van der Waals surface area contributed by atoms with E-state index >= 15 is 0 Å². The van der Waals surface area contributed by atoms with Crippen LogP contribution in [-0.2, 0) is 6.54 Å². The van der Waals surface area contributed by atoms with E-state index < -0.39 is 0 Å². The molecule has 1 unspecified atom stereocenters. The summed E-state index contributed by atoms with van der Waals surface area (Å²) in [6, 6.07) is 20.4. The summed E-state index contributed by atoms with van der Waals surface area (Å²) in [5.41, 5.74) is 3.25. The van der Waals surface area contributed by atoms with Crippen LogP contribution in [0.15, 0.2) is 79.3 Å². The maximum Gasteiger partial charge on any atom is 0.272 e. The Kier molecular flexibility index (Phi) is 7.13. The molecule has 0 aliphatic rings. The zero-order valence-electron chi connectivity index (χ0n) is 20.2. The number of fused-ring (bicyclic) bond motifs is 2. The Bertz CT molecular complexity index is 1500. The number of carbonyl (C=O) groups is 1. The van der Waals surface area contributed by atoms with E-state index in [1.807, 2.05) is 24.3 Å². The molecule has 36 heavy (non-hydrogen) atoms. The van der Waals surface area contributed by atoms with Gasteiger partial charge in [0.25, 0.3) is 5.91 Å². The predicted octanol–water partition coefficient (Wildman–Crippen LogP) is 5.26. The molecule has 1 atom stereocenters. The SMILES string of the molecule is COc1ccc2nc(C(CCSC)NC(=O)c3cnccn3)n(Cc3ccc4ccccc4c3)c2c1. The molecule has 8 heteroatoms. The Morgan fingerprint density at radius 2 is 1.94 bits per heavy atom. The standard InChI is InChI=1S/C28H27N5O2S/c1-35-22-9-10-23-26(16-22)33(18-19-7-8-20-5-3-4-6-21(20)15-19)27(31-23)24(11-14-36-2)32-28(34)25-17-29-12-13-30-25/h3-10,12-13,15-17,24H,11,14,18H2,1-2H3,(H,32,34). The zero-order valence-corrected chi connectivity index (χ0v) is 21.0. The van der Waals surface area contributed by atoms with E-state index in [-0.39, 0.29) is 17.6 Å². The maximum atomic E-state index is 13.0. The molecule has 0 aliphatic heterocycles. The molecule has 0 saturated carbocycles. The van der Waals surface area contributed by atoms with Crippen LogP contribution >= 0.6 is 11.8 Å². The van der Waals surface area contributed by atoms with E-state index in [0.29, 0.717) is 6.54 Å². The van der Waals surface area contributed by atoms with Crippen molar-refractivity contribution in [3.8, 4) is 5.75 Å². The molecule has 182 valence electrons. The quantitative estimate of drug-likeness (QED) is 0.299. The highest BCUT2D eigenvalue weighted by Gasteiger charge is 2.24. The molecule has 0 saturated heterocycles. The molecule has 7 nitrogen and oxygen atoms in total. The first-order valence-electron chi connectivity index (χ1n) is 11.7. The first kappa shape index (κ1) is 23.8. The first-order chi connectivity index (χ1) is 17.7. The molecule has 0 fully saturated rings. The lowest BCUT2D eigenvalue weighted by Crippen LogP contribution is -2.31. The third kappa shape index (κ3) is 5.04. The van der Waals surface area contributed by atoms with Gasteiger partial charge in [-0.3, -0.25) is 9.78 Å². The minimum atomic E-state index is -0.300. The van der Waals surface area contributed by atoms with Gasteiger partial charge in [0.1, 0.15) is 17.3 Å². The van der Waals surface area contributed by atoms with E-state index in [4.69, 9.17) is 9.72 Å². The van der Waals surface area contributed by atoms with Gasteiger partial charge in [-0.05, 0) is 53.0 Å². The Morgan fingerprint density at radius 3 is 2.72 bits per heavy atom. The lowest BCUT2D eigenvalue weighted by Gasteiger charge is -2.20. The van der Waals surface area contributed by atoms with Crippen molar-refractivity contribution < 1.29 is 9.53 Å². The van der Waals surface area contributed by atoms with Crippen LogP contribution in [0, 0.1) is 0 Å². The summed E-state index contributed by atoms with van der Waals surface area (Å²) in [6.45, 7) is 0.612. The van der Waals surface area contributed by atoms with E-state index in [1.165, 1.54) is 23.2 Å². The fourth-order valence-electron chi connectivity index (χ4n) is 4.35. The Balaban J connectivity index is 1.58. The Morgan fingerprint density at radius 1 is 1.08 bits per heavy atom. The van der Waals surface area contributed by atoms with Crippen molar-refractivity contribution in [3.05, 3.63) is 96.3 Å². The molecular formula is C28H27N5O2S. The van der Waals surface area contributed by atoms with Crippen molar-refractivity contribution in [2.45, 2.75) is 19.0 Å². The number of thioether (sulfide) groups is 1. The lowest BCUT2D eigenvalue weighted by atomic mass is 10.1. The Labute approximate surface area is 213 Å². The van der Waals surface area contributed by atoms with Crippen LogP contribution in [0.4, 0.5) is 0 Å². The molecule has 0 aliphatic carbocycles. The van der Waals surface area contributed by atoms with Crippen molar-refractivity contribution in [1.29, 1.82) is 0 Å². The van der Waals surface area contributed by atoms with Gasteiger partial charge in [-0.15, -0.1) is 0 Å². The van der Waals surface area contributed by atoms with E-state index in [0.717, 1.165) is 40.3 Å². The van der Waals surface area contributed by atoms with Gasteiger partial charge >= 0.3 is 0 Å². The molecule has 5 rings (SSSR count). The summed E-state index contributed by atoms with van der Waals surface area (Å²) in [4.78, 5) is 26.2. The van der Waals surface area contributed by atoms with Crippen LogP contribution in [0.25, 0.3) is 21.8 Å². The fourth-order valence-corrected chi connectivity index (χ4v) is 4.82. The minimum Gasteiger partial charge on any atom is -0.497 e. The first-order valence-corrected chi connectivity index (χ1v) is 13.1. The van der Waals surface area contributed by atoms with Crippen molar-refractivity contribution in [2.75, 3.05) is 19.1 Å². The molecular weight excluding hydrogens is 470 g/mol. The lowest BCUT2D eigenvalue weighted by molar-refractivity contribution is 0.0928. The molecule has 1 N–H and O–H groups in total. The Hall–Kier alpha value is -3.91. The summed E-state index contributed by atoms with van der Waals surface area (Å²) in [7, 11) is 1.66. The predicted molar refractivity (Wildman–Crippen MR) is 145 cm³/mol. The number of aromatic nitrogens is 4. The average Bonchev–Trinajstić information content (AvgIpc) is 3.28. The molecule has 0 radical (unpaired) electrons. The summed E-state index contributed by atoms with van der Waals surface area (Å²) >= 11 is 1.74. The highest BCUT2D eigenvalue weighted by Crippen LogP contribution is 2.29. The van der Waals surface area contributed by atoms with Crippen LogP contribution in [0.3, 0.4) is 0 Å². The zero-order chi connectivity index (χ0) is 24.9. The van der Waals surface area contributed by atoms with Gasteiger partial charge in [-0.1, -0.05) is 36.4 Å². The summed E-state index contributed by atoms with van der Waals surface area (Å²) in [5.74, 6) is 2.17. The highest BCUT2D eigenvalue weighted by atomic mass is 32.2. The van der Waals surface area contributed by atoms with Gasteiger partial charge in [0.05, 0.1) is 30.4 Å². The summed E-state index contributed by atoms with van der Waals surface area (Å²) in [5, 5.41) is 5.55. The number of imidazole rings is 1. The molecule has 2 heterocycles. The second kappa shape index (κ2) is 10.8. The minimum absolute atomic E-state index is 0.268. The average molecular weight is 498 g/mol. The smallest absolute Gasteiger partial charge is 0.272 e. The van der Waals surface area contributed by atoms with Gasteiger partial charge in [0.15, 0.2) is 0 Å². The molecule has 2 aromatic heterocycles. The number of benzene rings is 3. The number of hydrogen-bond donors (Lipinski definition) is 1. The number of hydrogen-bond acceptors (Lipinski definition) is 6. The van der Waals surface area contributed by atoms with Gasteiger partial charge in [0.2, 0.25) is 0 Å². The second-order valence-corrected chi connectivity index (χ2v) is 9.48. The highest BCUT2D eigenvalue weighted by molar-refractivity contribution is 7.98. The van der Waals surface area contributed by atoms with E-state index in [9.17, 15) is 4.79 Å². The van der Waals surface area contributed by atoms with E-state index in [1.54, 1.807) is 25.1 Å². The summed E-state index contributed by atoms with van der Waals surface area (Å²) < 4.78 is 7.70. The van der Waals surface area contributed by atoms with Crippen molar-refractivity contribution >= 4 is 39.5 Å². The summed E-state index contributed by atoms with van der Waals surface area (Å²) in [6.07, 6.45) is 7.34. The van der Waals surface area contributed by atoms with E-state index in [2.05, 4.69) is 62.5 Å². The van der Waals surface area contributed by atoms with Gasteiger partial charge in [0, 0.05) is 25.0 Å². The normalized spacial score (nSPS) is 12.1. The number of ether oxygens (including phenoxy) is 1. The van der Waals surface area contributed by atoms with Crippen LogP contribution in [0.1, 0.15) is 34.3 Å². The number of nitrogens with zero attached hydrogens (tertiary/aromatic N) is 4. The third-order valence-electron chi connectivity index (χ3n) is 6.16. The number of methoxy groups -OCH3 is 1. The molecule has 0 bridgehead atoms. The topological polar surface area (TPSA) is 81.9 Å². The number of carbonyl (C=O) groups excluding carboxylic acids is 1. The maximum absolute atomic E-state index is 13.0. The molecule has 1 amide bonds. The van der Waals surface area contributed by atoms with Crippen LogP contribution < -0.4 is 10.1 Å². The van der Waals surface area contributed by atoms with Crippen LogP contribution in [0.2, 0.25) is 0 Å². The van der Waals surface area contributed by atoms with Crippen molar-refractivity contribution in [1.82, 2.24) is 24.8 Å². The number of rotatable bonds is 9. The third-order valence-corrected chi connectivity index (χ3v) is 6.81. The van der Waals surface area contributed by atoms with Gasteiger partial charge in [-0.2, -0.15) is 11.8 Å². The molecule has 5 aromatic rings. The van der Waals surface area contributed by atoms with Gasteiger partial charge in [-0.25, -0.2) is 9.97 Å². The number of nitrogens with one attached hydrogen (secondary N) is 1. The number of amides is 1. The fraction of sp³-hybridized carbons (Fsp3) is 0.214. The van der Waals surface area contributed by atoms with Crippen molar-refractivity contribution in [3.63, 3.8) is 0 Å². The van der Waals surface area contributed by atoms with Crippen molar-refractivity contribution in [2.24, 2.45) is 0 Å². The second-order valence-electron chi connectivity index (χ2n) is 8.49. The largest absolute Gasteiger partial charge is 0.497 e. The van der Waals surface area contributed by atoms with Crippen LogP contribution in [-0.4, -0.2) is 44.5 Å². The molecule has 0 spiro atoms. The monoisotopic (exact) mass is 497 g/mol. The van der Waals surface area contributed by atoms with Gasteiger partial charge < -0.3 is 14.6 Å². The van der Waals surface area contributed by atoms with Crippen LogP contribution in [0.5, 0.6) is 5.75 Å². The molecule has 3 aromatic carbocycles.